The van der Waals surface area contributed by atoms with Crippen LogP contribution in [0, 0.1) is 0 Å². The Morgan fingerprint density at radius 3 is 2.33 bits per heavy atom. The molecule has 0 spiro atoms. The molecule has 3 amide bonds. The van der Waals surface area contributed by atoms with Gasteiger partial charge < -0.3 is 19.9 Å². The minimum Gasteiger partial charge on any atom is -0.444 e. The quantitative estimate of drug-likeness (QED) is 0.769. The lowest BCUT2D eigenvalue weighted by Gasteiger charge is -2.34. The lowest BCUT2D eigenvalue weighted by molar-refractivity contribution is -0.133. The van der Waals surface area contributed by atoms with Crippen LogP contribution in [0.4, 0.5) is 4.79 Å². The molecule has 2 fully saturated rings. The Morgan fingerprint density at radius 1 is 1.07 bits per heavy atom. The van der Waals surface area contributed by atoms with Gasteiger partial charge in [0.15, 0.2) is 0 Å². The Bertz CT molecular complexity index is 538. The average molecular weight is 383 g/mol. The molecule has 1 unspecified atom stereocenters. The second kappa shape index (κ2) is 9.39. The topological polar surface area (TPSA) is 82.2 Å². The summed E-state index contributed by atoms with van der Waals surface area (Å²) in [6.07, 6.45) is 1.23. The van der Waals surface area contributed by atoms with Crippen LogP contribution in [0.2, 0.25) is 0 Å². The van der Waals surface area contributed by atoms with Crippen LogP contribution >= 0.6 is 0 Å². The standard InChI is InChI=1S/C19H34N4O4/c1-5-21-11-13-22(14-12-21)16(24)8-9-20-17(25)15-7-6-10-23(15)18(26)27-19(2,3)4/h15H,5-14H2,1-4H3,(H,20,25). The van der Waals surface area contributed by atoms with Crippen molar-refractivity contribution in [3.05, 3.63) is 0 Å². The molecule has 0 aromatic rings. The molecule has 8 heteroatoms. The SMILES string of the molecule is CCN1CCN(C(=O)CCNC(=O)C2CCCN2C(=O)OC(C)(C)C)CC1. The van der Waals surface area contributed by atoms with E-state index in [1.807, 2.05) is 25.7 Å². The zero-order valence-corrected chi connectivity index (χ0v) is 17.1. The van der Waals surface area contributed by atoms with Gasteiger partial charge in [0.05, 0.1) is 0 Å². The van der Waals surface area contributed by atoms with Crippen LogP contribution in [-0.4, -0.2) is 90.1 Å². The van der Waals surface area contributed by atoms with Crippen molar-refractivity contribution in [3.63, 3.8) is 0 Å². The molecule has 2 heterocycles. The fourth-order valence-corrected chi connectivity index (χ4v) is 3.46. The summed E-state index contributed by atoms with van der Waals surface area (Å²) in [6, 6.07) is -0.511. The molecule has 154 valence electrons. The number of piperazine rings is 1. The van der Waals surface area contributed by atoms with Gasteiger partial charge in [-0.25, -0.2) is 4.79 Å². The first-order valence-corrected chi connectivity index (χ1v) is 9.98. The van der Waals surface area contributed by atoms with Crippen molar-refractivity contribution < 1.29 is 19.1 Å². The highest BCUT2D eigenvalue weighted by molar-refractivity contribution is 5.86. The van der Waals surface area contributed by atoms with Crippen LogP contribution in [0.5, 0.6) is 0 Å². The molecule has 8 nitrogen and oxygen atoms in total. The smallest absolute Gasteiger partial charge is 0.410 e. The molecule has 1 atom stereocenters. The first-order valence-electron chi connectivity index (χ1n) is 9.98. The summed E-state index contributed by atoms with van der Waals surface area (Å²) >= 11 is 0. The molecular weight excluding hydrogens is 348 g/mol. The van der Waals surface area contributed by atoms with Crippen molar-refractivity contribution in [2.24, 2.45) is 0 Å². The number of hydrogen-bond acceptors (Lipinski definition) is 5. The van der Waals surface area contributed by atoms with E-state index in [9.17, 15) is 14.4 Å². The molecule has 2 saturated heterocycles. The van der Waals surface area contributed by atoms with E-state index in [2.05, 4.69) is 17.1 Å². The van der Waals surface area contributed by atoms with E-state index >= 15 is 0 Å². The van der Waals surface area contributed by atoms with Crippen molar-refractivity contribution in [3.8, 4) is 0 Å². The first kappa shape index (κ1) is 21.5. The second-order valence-electron chi connectivity index (χ2n) is 8.19. The molecule has 0 bridgehead atoms. The average Bonchev–Trinajstić information content (AvgIpc) is 3.10. The monoisotopic (exact) mass is 382 g/mol. The number of nitrogens with zero attached hydrogens (tertiary/aromatic N) is 3. The van der Waals surface area contributed by atoms with Gasteiger partial charge in [-0.1, -0.05) is 6.92 Å². The summed E-state index contributed by atoms with van der Waals surface area (Å²) in [4.78, 5) is 42.7. The second-order valence-corrected chi connectivity index (χ2v) is 8.19. The summed E-state index contributed by atoms with van der Waals surface area (Å²) in [5.74, 6) is -0.136. The molecule has 0 aromatic heterocycles. The largest absolute Gasteiger partial charge is 0.444 e. The molecule has 27 heavy (non-hydrogen) atoms. The number of carbonyl (C=O) groups excluding carboxylic acids is 3. The summed E-state index contributed by atoms with van der Waals surface area (Å²) in [5.41, 5.74) is -0.588. The Balaban J connectivity index is 1.74. The van der Waals surface area contributed by atoms with E-state index in [0.29, 0.717) is 19.5 Å². The molecule has 0 aromatic carbocycles. The highest BCUT2D eigenvalue weighted by Gasteiger charge is 2.36. The zero-order chi connectivity index (χ0) is 20.0. The molecule has 2 rings (SSSR count). The van der Waals surface area contributed by atoms with Crippen molar-refractivity contribution in [1.29, 1.82) is 0 Å². The van der Waals surface area contributed by atoms with Crippen LogP contribution in [-0.2, 0) is 14.3 Å². The molecule has 2 aliphatic heterocycles. The summed E-state index contributed by atoms with van der Waals surface area (Å²) < 4.78 is 5.38. The highest BCUT2D eigenvalue weighted by Crippen LogP contribution is 2.21. The lowest BCUT2D eigenvalue weighted by atomic mass is 10.2. The number of likely N-dealkylation sites (tertiary alicyclic amines) is 1. The number of rotatable bonds is 5. The molecule has 0 aliphatic carbocycles. The summed E-state index contributed by atoms with van der Waals surface area (Å²) in [7, 11) is 0. The normalized spacial score (nSPS) is 21.3. The van der Waals surface area contributed by atoms with Crippen LogP contribution in [0.1, 0.15) is 47.0 Å². The lowest BCUT2D eigenvalue weighted by Crippen LogP contribution is -2.50. The van der Waals surface area contributed by atoms with Gasteiger partial charge >= 0.3 is 6.09 Å². The van der Waals surface area contributed by atoms with E-state index in [1.165, 1.54) is 4.90 Å². The fraction of sp³-hybridized carbons (Fsp3) is 0.842. The van der Waals surface area contributed by atoms with Gasteiger partial charge in [0.1, 0.15) is 11.6 Å². The van der Waals surface area contributed by atoms with Crippen LogP contribution < -0.4 is 5.32 Å². The summed E-state index contributed by atoms with van der Waals surface area (Å²) in [6.45, 7) is 12.7. The van der Waals surface area contributed by atoms with E-state index in [0.717, 1.165) is 39.1 Å². The van der Waals surface area contributed by atoms with Crippen molar-refractivity contribution in [2.75, 3.05) is 45.8 Å². The van der Waals surface area contributed by atoms with E-state index in [-0.39, 0.29) is 18.2 Å². The van der Waals surface area contributed by atoms with E-state index in [1.54, 1.807) is 0 Å². The Hall–Kier alpha value is -1.83. The van der Waals surface area contributed by atoms with Gasteiger partial charge in [-0.15, -0.1) is 0 Å². The zero-order valence-electron chi connectivity index (χ0n) is 17.1. The van der Waals surface area contributed by atoms with Gasteiger partial charge in [-0.2, -0.15) is 0 Å². The maximum absolute atomic E-state index is 12.5. The molecule has 0 radical (unpaired) electrons. The Labute approximate surface area is 162 Å². The van der Waals surface area contributed by atoms with Crippen molar-refractivity contribution in [1.82, 2.24) is 20.0 Å². The number of nitrogens with one attached hydrogen (secondary N) is 1. The number of likely N-dealkylation sites (N-methyl/N-ethyl adjacent to an activating group) is 1. The minimum atomic E-state index is -0.588. The first-order chi connectivity index (χ1) is 12.7. The van der Waals surface area contributed by atoms with Gasteiger partial charge in [0, 0.05) is 45.7 Å². The highest BCUT2D eigenvalue weighted by atomic mass is 16.6. The minimum absolute atomic E-state index is 0.0708. The number of hydrogen-bond donors (Lipinski definition) is 1. The van der Waals surface area contributed by atoms with E-state index in [4.69, 9.17) is 4.74 Å². The van der Waals surface area contributed by atoms with Gasteiger partial charge in [-0.3, -0.25) is 14.5 Å². The maximum Gasteiger partial charge on any atom is 0.410 e. The third-order valence-corrected chi connectivity index (χ3v) is 4.99. The molecule has 1 N–H and O–H groups in total. The van der Waals surface area contributed by atoms with Gasteiger partial charge in [-0.05, 0) is 40.2 Å². The third kappa shape index (κ3) is 6.37. The predicted molar refractivity (Wildman–Crippen MR) is 102 cm³/mol. The van der Waals surface area contributed by atoms with Gasteiger partial charge in [0.25, 0.3) is 0 Å². The number of amides is 3. The summed E-state index contributed by atoms with van der Waals surface area (Å²) in [5, 5.41) is 2.82. The van der Waals surface area contributed by atoms with Crippen LogP contribution in [0.3, 0.4) is 0 Å². The fourth-order valence-electron chi connectivity index (χ4n) is 3.46. The Kier molecular flexibility index (Phi) is 7.47. The van der Waals surface area contributed by atoms with Crippen LogP contribution in [0.25, 0.3) is 0 Å². The van der Waals surface area contributed by atoms with Crippen molar-refractivity contribution in [2.45, 2.75) is 58.6 Å². The molecule has 0 saturated carbocycles. The van der Waals surface area contributed by atoms with Gasteiger partial charge in [0.2, 0.25) is 11.8 Å². The number of carbonyl (C=O) groups is 3. The number of ether oxygens (including phenoxy) is 1. The van der Waals surface area contributed by atoms with Crippen molar-refractivity contribution >= 4 is 17.9 Å². The molecule has 2 aliphatic rings. The van der Waals surface area contributed by atoms with E-state index < -0.39 is 17.7 Å². The maximum atomic E-state index is 12.5. The third-order valence-electron chi connectivity index (χ3n) is 4.99. The Morgan fingerprint density at radius 2 is 1.74 bits per heavy atom. The predicted octanol–water partition coefficient (Wildman–Crippen LogP) is 1.06. The molecular formula is C19H34N4O4. The van der Waals surface area contributed by atoms with Crippen LogP contribution in [0.15, 0.2) is 0 Å².